The predicted octanol–water partition coefficient (Wildman–Crippen LogP) is 2.33. The van der Waals surface area contributed by atoms with Crippen molar-refractivity contribution in [2.24, 2.45) is 5.92 Å². The molecule has 3 rings (SSSR count). The van der Waals surface area contributed by atoms with Crippen molar-refractivity contribution in [3.63, 3.8) is 0 Å². The second kappa shape index (κ2) is 5.15. The Bertz CT molecular complexity index is 476. The van der Waals surface area contributed by atoms with E-state index in [0.717, 1.165) is 19.4 Å². The fraction of sp³-hybridized carbons (Fsp3) is 0.643. The third-order valence-electron chi connectivity index (χ3n) is 4.40. The number of aromatic carboxylic acids is 1. The number of carboxylic acids is 1. The van der Waals surface area contributed by atoms with E-state index in [-0.39, 0.29) is 5.69 Å². The molecular formula is C14H19N3O2. The van der Waals surface area contributed by atoms with Gasteiger partial charge in [0.2, 0.25) is 0 Å². The molecule has 1 aromatic heterocycles. The Morgan fingerprint density at radius 1 is 1.16 bits per heavy atom. The average molecular weight is 261 g/mol. The molecule has 2 heterocycles. The summed E-state index contributed by atoms with van der Waals surface area (Å²) in [5.41, 5.74) is 0.0914. The van der Waals surface area contributed by atoms with Crippen LogP contribution in [-0.4, -0.2) is 33.6 Å². The van der Waals surface area contributed by atoms with E-state index >= 15 is 0 Å². The van der Waals surface area contributed by atoms with Crippen LogP contribution in [0.1, 0.15) is 49.0 Å². The number of hydrogen-bond acceptors (Lipinski definition) is 4. The smallest absolute Gasteiger partial charge is 0.358 e. The number of piperidine rings is 1. The lowest BCUT2D eigenvalue weighted by Gasteiger charge is -2.44. The number of nitrogens with zero attached hydrogens (tertiary/aromatic N) is 3. The third-order valence-corrected chi connectivity index (χ3v) is 4.40. The van der Waals surface area contributed by atoms with E-state index in [1.54, 1.807) is 6.20 Å². The van der Waals surface area contributed by atoms with Gasteiger partial charge in [0, 0.05) is 25.0 Å². The molecular weight excluding hydrogens is 242 g/mol. The molecule has 1 aliphatic heterocycles. The number of hydrogen-bond donors (Lipinski definition) is 1. The summed E-state index contributed by atoms with van der Waals surface area (Å²) < 4.78 is 0. The van der Waals surface area contributed by atoms with E-state index in [9.17, 15) is 9.90 Å². The number of carboxylic acid groups (broad SMARTS) is 1. The van der Waals surface area contributed by atoms with Gasteiger partial charge in [-0.1, -0.05) is 12.8 Å². The lowest BCUT2D eigenvalue weighted by atomic mass is 9.78. The Labute approximate surface area is 112 Å². The van der Waals surface area contributed by atoms with Gasteiger partial charge in [-0.2, -0.15) is 0 Å². The average Bonchev–Trinajstić information content (AvgIpc) is 2.46. The Hall–Kier alpha value is -1.65. The lowest BCUT2D eigenvalue weighted by molar-refractivity contribution is 0.0690. The van der Waals surface area contributed by atoms with Crippen molar-refractivity contribution in [3.05, 3.63) is 18.1 Å². The summed E-state index contributed by atoms with van der Waals surface area (Å²) in [5.74, 6) is 0.277. The first-order valence-corrected chi connectivity index (χ1v) is 7.08. The normalized spacial score (nSPS) is 26.8. The van der Waals surface area contributed by atoms with Crippen molar-refractivity contribution in [2.75, 3.05) is 11.4 Å². The largest absolute Gasteiger partial charge is 0.476 e. The van der Waals surface area contributed by atoms with Gasteiger partial charge in [-0.25, -0.2) is 14.8 Å². The molecule has 5 heteroatoms. The van der Waals surface area contributed by atoms with Gasteiger partial charge < -0.3 is 10.0 Å². The molecule has 0 aromatic carbocycles. The number of anilines is 1. The topological polar surface area (TPSA) is 66.3 Å². The van der Waals surface area contributed by atoms with E-state index in [4.69, 9.17) is 0 Å². The van der Waals surface area contributed by atoms with Crippen LogP contribution < -0.4 is 4.90 Å². The van der Waals surface area contributed by atoms with Crippen molar-refractivity contribution in [1.29, 1.82) is 0 Å². The molecule has 1 aliphatic carbocycles. The fourth-order valence-corrected chi connectivity index (χ4v) is 3.58. The Morgan fingerprint density at radius 3 is 2.74 bits per heavy atom. The maximum Gasteiger partial charge on any atom is 0.358 e. The molecule has 1 N–H and O–H groups in total. The van der Waals surface area contributed by atoms with Gasteiger partial charge in [-0.05, 0) is 31.6 Å². The molecule has 5 nitrogen and oxygen atoms in total. The highest BCUT2D eigenvalue weighted by molar-refractivity contribution is 5.91. The summed E-state index contributed by atoms with van der Waals surface area (Å²) in [6.45, 7) is 0.903. The minimum absolute atomic E-state index is 0.0914. The van der Waals surface area contributed by atoms with Crippen LogP contribution in [0.3, 0.4) is 0 Å². The van der Waals surface area contributed by atoms with Crippen LogP contribution in [-0.2, 0) is 0 Å². The molecule has 0 spiro atoms. The van der Waals surface area contributed by atoms with Crippen molar-refractivity contribution < 1.29 is 9.90 Å². The molecule has 0 amide bonds. The van der Waals surface area contributed by atoms with Crippen molar-refractivity contribution >= 4 is 11.8 Å². The monoisotopic (exact) mass is 261 g/mol. The highest BCUT2D eigenvalue weighted by Gasteiger charge is 2.35. The van der Waals surface area contributed by atoms with Gasteiger partial charge in [-0.3, -0.25) is 0 Å². The maximum absolute atomic E-state index is 11.3. The zero-order valence-corrected chi connectivity index (χ0v) is 11.0. The molecule has 2 unspecified atom stereocenters. The van der Waals surface area contributed by atoms with Crippen LogP contribution >= 0.6 is 0 Å². The number of aromatic nitrogens is 2. The van der Waals surface area contributed by atoms with E-state index in [0.29, 0.717) is 17.8 Å². The van der Waals surface area contributed by atoms with Gasteiger partial charge in [0.05, 0.1) is 0 Å². The van der Waals surface area contributed by atoms with Gasteiger partial charge in [0.15, 0.2) is 11.5 Å². The van der Waals surface area contributed by atoms with Gasteiger partial charge in [0.1, 0.15) is 0 Å². The van der Waals surface area contributed by atoms with Gasteiger partial charge in [-0.15, -0.1) is 0 Å². The minimum atomic E-state index is -0.985. The first-order valence-electron chi connectivity index (χ1n) is 7.08. The second-order valence-electron chi connectivity index (χ2n) is 5.48. The zero-order valence-electron chi connectivity index (χ0n) is 11.0. The molecule has 2 fully saturated rings. The summed E-state index contributed by atoms with van der Waals surface area (Å²) >= 11 is 0. The van der Waals surface area contributed by atoms with E-state index in [2.05, 4.69) is 14.9 Å². The van der Waals surface area contributed by atoms with Crippen LogP contribution in [0.4, 0.5) is 5.82 Å². The fourth-order valence-electron chi connectivity index (χ4n) is 3.58. The molecule has 2 atom stereocenters. The van der Waals surface area contributed by atoms with Gasteiger partial charge in [0.25, 0.3) is 0 Å². The number of carbonyl (C=O) groups is 1. The van der Waals surface area contributed by atoms with Crippen LogP contribution in [0.5, 0.6) is 0 Å². The van der Waals surface area contributed by atoms with E-state index in [1.165, 1.54) is 31.9 Å². The van der Waals surface area contributed by atoms with Crippen LogP contribution in [0, 0.1) is 5.92 Å². The molecule has 19 heavy (non-hydrogen) atoms. The van der Waals surface area contributed by atoms with E-state index in [1.807, 2.05) is 0 Å². The van der Waals surface area contributed by atoms with Crippen LogP contribution in [0.25, 0.3) is 0 Å². The summed E-state index contributed by atoms with van der Waals surface area (Å²) in [4.78, 5) is 21.8. The predicted molar refractivity (Wildman–Crippen MR) is 71.3 cm³/mol. The Morgan fingerprint density at radius 2 is 1.89 bits per heavy atom. The summed E-state index contributed by atoms with van der Waals surface area (Å²) in [7, 11) is 0. The van der Waals surface area contributed by atoms with Crippen LogP contribution in [0.2, 0.25) is 0 Å². The van der Waals surface area contributed by atoms with E-state index < -0.39 is 5.97 Å². The lowest BCUT2D eigenvalue weighted by Crippen LogP contribution is -2.47. The SMILES string of the molecule is O=C(O)c1nccnc1N1CCCC2CCCCC21. The second-order valence-corrected chi connectivity index (χ2v) is 5.48. The molecule has 2 aliphatic rings. The zero-order chi connectivity index (χ0) is 13.2. The molecule has 0 radical (unpaired) electrons. The minimum Gasteiger partial charge on any atom is -0.476 e. The number of fused-ring (bicyclic) bond motifs is 1. The highest BCUT2D eigenvalue weighted by atomic mass is 16.4. The molecule has 1 aromatic rings. The molecule has 1 saturated carbocycles. The standard InChI is InChI=1S/C14H19N3O2/c18-14(19)12-13(16-8-7-15-12)17-9-3-5-10-4-1-2-6-11(10)17/h7-8,10-11H,1-6,9H2,(H,18,19). The quantitative estimate of drug-likeness (QED) is 0.885. The van der Waals surface area contributed by atoms with Gasteiger partial charge >= 0.3 is 5.97 Å². The summed E-state index contributed by atoms with van der Waals surface area (Å²) in [6.07, 6.45) is 10.4. The summed E-state index contributed by atoms with van der Waals surface area (Å²) in [6, 6.07) is 0.456. The van der Waals surface area contributed by atoms with Crippen molar-refractivity contribution in [2.45, 2.75) is 44.6 Å². The summed E-state index contributed by atoms with van der Waals surface area (Å²) in [5, 5.41) is 9.26. The first-order chi connectivity index (χ1) is 9.27. The first kappa shape index (κ1) is 12.4. The Kier molecular flexibility index (Phi) is 3.36. The number of rotatable bonds is 2. The van der Waals surface area contributed by atoms with Crippen molar-refractivity contribution in [1.82, 2.24) is 9.97 Å². The highest BCUT2D eigenvalue weighted by Crippen LogP contribution is 2.37. The molecule has 0 bridgehead atoms. The van der Waals surface area contributed by atoms with Crippen molar-refractivity contribution in [3.8, 4) is 0 Å². The Balaban J connectivity index is 1.94. The third kappa shape index (κ3) is 2.29. The van der Waals surface area contributed by atoms with Crippen LogP contribution in [0.15, 0.2) is 12.4 Å². The molecule has 102 valence electrons. The maximum atomic E-state index is 11.3. The molecule has 1 saturated heterocycles.